The van der Waals surface area contributed by atoms with Crippen molar-refractivity contribution in [2.45, 2.75) is 19.3 Å². The average molecular weight is 411 g/mol. The molecule has 2 heterocycles. The number of nitrogens with two attached hydrogens (primary N) is 1. The Balaban J connectivity index is 1.28. The fourth-order valence-corrected chi connectivity index (χ4v) is 4.34. The lowest BCUT2D eigenvalue weighted by Crippen LogP contribution is -2.35. The molecule has 31 heavy (non-hydrogen) atoms. The first-order chi connectivity index (χ1) is 15.3. The molecule has 0 amide bonds. The molecule has 3 aromatic carbocycles. The molecule has 1 saturated heterocycles. The highest BCUT2D eigenvalue weighted by Gasteiger charge is 2.23. The summed E-state index contributed by atoms with van der Waals surface area (Å²) in [5.74, 6) is 2.59. The quantitative estimate of drug-likeness (QED) is 0.473. The fourth-order valence-electron chi connectivity index (χ4n) is 4.34. The van der Waals surface area contributed by atoms with Gasteiger partial charge in [0, 0.05) is 13.1 Å². The highest BCUT2D eigenvalue weighted by Crippen LogP contribution is 2.34. The van der Waals surface area contributed by atoms with Gasteiger partial charge in [-0.15, -0.1) is 0 Å². The molecule has 1 aliphatic rings. The number of rotatable bonds is 5. The lowest BCUT2D eigenvalue weighted by molar-refractivity contribution is 0.401. The summed E-state index contributed by atoms with van der Waals surface area (Å²) < 4.78 is 6.05. The van der Waals surface area contributed by atoms with Crippen LogP contribution in [0.5, 0.6) is 11.6 Å². The van der Waals surface area contributed by atoms with Crippen LogP contribution < -0.4 is 15.4 Å². The Kier molecular flexibility index (Phi) is 5.40. The maximum absolute atomic E-state index is 6.44. The first-order valence-corrected chi connectivity index (χ1v) is 10.8. The first-order valence-electron chi connectivity index (χ1n) is 10.8. The minimum atomic E-state index is 0.409. The van der Waals surface area contributed by atoms with Gasteiger partial charge < -0.3 is 15.4 Å². The number of piperidine rings is 1. The highest BCUT2D eigenvalue weighted by molar-refractivity contribution is 5.84. The van der Waals surface area contributed by atoms with Crippen molar-refractivity contribution in [3.8, 4) is 11.6 Å². The standard InChI is InChI=1S/C26H26N4O/c27-24-25(30-14-12-20(13-15-30)16-19-6-2-1-3-7-19)28-18-29-26(24)31-23-11-10-21-8-4-5-9-22(21)17-23/h1-11,17-18,20H,12-16,27H2. The number of nitrogens with zero attached hydrogens (tertiary/aromatic N) is 3. The molecule has 1 aliphatic heterocycles. The third-order valence-electron chi connectivity index (χ3n) is 6.04. The monoisotopic (exact) mass is 410 g/mol. The highest BCUT2D eigenvalue weighted by atomic mass is 16.5. The second-order valence-corrected chi connectivity index (χ2v) is 8.15. The van der Waals surface area contributed by atoms with Crippen molar-refractivity contribution >= 4 is 22.3 Å². The van der Waals surface area contributed by atoms with E-state index in [4.69, 9.17) is 10.5 Å². The maximum atomic E-state index is 6.44. The Morgan fingerprint density at radius 1 is 0.871 bits per heavy atom. The summed E-state index contributed by atoms with van der Waals surface area (Å²) in [6, 6.07) is 24.9. The smallest absolute Gasteiger partial charge is 0.248 e. The first kappa shape index (κ1) is 19.4. The number of fused-ring (bicyclic) bond motifs is 1. The van der Waals surface area contributed by atoms with Crippen LogP contribution in [0.25, 0.3) is 10.8 Å². The second-order valence-electron chi connectivity index (χ2n) is 8.15. The van der Waals surface area contributed by atoms with E-state index in [9.17, 15) is 0 Å². The van der Waals surface area contributed by atoms with Crippen LogP contribution >= 0.6 is 0 Å². The predicted molar refractivity (Wildman–Crippen MR) is 126 cm³/mol. The zero-order chi connectivity index (χ0) is 21.0. The van der Waals surface area contributed by atoms with Crippen LogP contribution in [-0.4, -0.2) is 23.1 Å². The van der Waals surface area contributed by atoms with Gasteiger partial charge in [0.05, 0.1) is 0 Å². The van der Waals surface area contributed by atoms with Crippen molar-refractivity contribution < 1.29 is 4.74 Å². The number of hydrogen-bond donors (Lipinski definition) is 1. The third-order valence-corrected chi connectivity index (χ3v) is 6.04. The molecule has 2 N–H and O–H groups in total. The molecule has 1 fully saturated rings. The van der Waals surface area contributed by atoms with Gasteiger partial charge in [0.25, 0.3) is 0 Å². The SMILES string of the molecule is Nc1c(Oc2ccc3ccccc3c2)ncnc1N1CCC(Cc2ccccc2)CC1. The fraction of sp³-hybridized carbons (Fsp3) is 0.231. The van der Waals surface area contributed by atoms with E-state index in [1.807, 2.05) is 30.3 Å². The lowest BCUT2D eigenvalue weighted by atomic mass is 9.90. The molecule has 4 aromatic rings. The number of benzene rings is 3. The van der Waals surface area contributed by atoms with E-state index < -0.39 is 0 Å². The van der Waals surface area contributed by atoms with Gasteiger partial charge in [-0.2, -0.15) is 4.98 Å². The van der Waals surface area contributed by atoms with E-state index in [2.05, 4.69) is 57.3 Å². The molecule has 0 atom stereocenters. The maximum Gasteiger partial charge on any atom is 0.248 e. The van der Waals surface area contributed by atoms with Crippen molar-refractivity contribution in [1.82, 2.24) is 9.97 Å². The summed E-state index contributed by atoms with van der Waals surface area (Å²) in [5.41, 5.74) is 8.35. The van der Waals surface area contributed by atoms with Crippen LogP contribution in [0.3, 0.4) is 0 Å². The van der Waals surface area contributed by atoms with Gasteiger partial charge in [-0.3, -0.25) is 0 Å². The molecule has 0 saturated carbocycles. The van der Waals surface area contributed by atoms with Gasteiger partial charge in [0.15, 0.2) is 5.82 Å². The van der Waals surface area contributed by atoms with Gasteiger partial charge in [-0.25, -0.2) is 4.98 Å². The zero-order valence-corrected chi connectivity index (χ0v) is 17.4. The molecule has 5 rings (SSSR count). The Morgan fingerprint density at radius 3 is 2.42 bits per heavy atom. The lowest BCUT2D eigenvalue weighted by Gasteiger charge is -2.33. The molecular formula is C26H26N4O. The van der Waals surface area contributed by atoms with E-state index in [-0.39, 0.29) is 0 Å². The number of anilines is 2. The van der Waals surface area contributed by atoms with Crippen molar-refractivity contribution in [2.24, 2.45) is 5.92 Å². The van der Waals surface area contributed by atoms with E-state index >= 15 is 0 Å². The van der Waals surface area contributed by atoms with Crippen LogP contribution in [0.15, 0.2) is 79.1 Å². The molecule has 0 radical (unpaired) electrons. The van der Waals surface area contributed by atoms with Gasteiger partial charge in [-0.1, -0.05) is 60.7 Å². The minimum Gasteiger partial charge on any atom is -0.437 e. The van der Waals surface area contributed by atoms with Crippen LogP contribution in [-0.2, 0) is 6.42 Å². The summed E-state index contributed by atoms with van der Waals surface area (Å²) >= 11 is 0. The normalized spacial score (nSPS) is 14.6. The molecule has 0 bridgehead atoms. The summed E-state index contributed by atoms with van der Waals surface area (Å²) in [6.45, 7) is 1.88. The topological polar surface area (TPSA) is 64.3 Å². The Labute approximate surface area is 182 Å². The Hall–Kier alpha value is -3.60. The Bertz CT molecular complexity index is 1170. The number of ether oxygens (including phenoxy) is 1. The van der Waals surface area contributed by atoms with Crippen molar-refractivity contribution in [2.75, 3.05) is 23.7 Å². The van der Waals surface area contributed by atoms with E-state index in [0.717, 1.165) is 49.3 Å². The van der Waals surface area contributed by atoms with E-state index in [1.165, 1.54) is 17.3 Å². The van der Waals surface area contributed by atoms with Crippen molar-refractivity contribution in [1.29, 1.82) is 0 Å². The van der Waals surface area contributed by atoms with E-state index in [1.54, 1.807) is 0 Å². The summed E-state index contributed by atoms with van der Waals surface area (Å²) in [5, 5.41) is 2.29. The van der Waals surface area contributed by atoms with Crippen LogP contribution in [0.2, 0.25) is 0 Å². The summed E-state index contributed by atoms with van der Waals surface area (Å²) in [4.78, 5) is 11.0. The number of aromatic nitrogens is 2. The zero-order valence-electron chi connectivity index (χ0n) is 17.4. The molecule has 5 heteroatoms. The average Bonchev–Trinajstić information content (AvgIpc) is 2.82. The molecule has 0 unspecified atom stereocenters. The predicted octanol–water partition coefficient (Wildman–Crippen LogP) is 5.46. The Morgan fingerprint density at radius 2 is 1.61 bits per heavy atom. The number of hydrogen-bond acceptors (Lipinski definition) is 5. The minimum absolute atomic E-state index is 0.409. The van der Waals surface area contributed by atoms with Crippen LogP contribution in [0.4, 0.5) is 11.5 Å². The van der Waals surface area contributed by atoms with Crippen molar-refractivity contribution in [3.63, 3.8) is 0 Å². The molecule has 1 aromatic heterocycles. The summed E-state index contributed by atoms with van der Waals surface area (Å²) in [6.07, 6.45) is 4.92. The molecule has 0 aliphatic carbocycles. The van der Waals surface area contributed by atoms with Gasteiger partial charge in [-0.05, 0) is 53.6 Å². The second kappa shape index (κ2) is 8.64. The third kappa shape index (κ3) is 4.31. The molecule has 0 spiro atoms. The molecular weight excluding hydrogens is 384 g/mol. The largest absolute Gasteiger partial charge is 0.437 e. The van der Waals surface area contributed by atoms with Crippen LogP contribution in [0.1, 0.15) is 18.4 Å². The van der Waals surface area contributed by atoms with Crippen LogP contribution in [0, 0.1) is 5.92 Å². The molecule has 156 valence electrons. The van der Waals surface area contributed by atoms with Gasteiger partial charge in [0.2, 0.25) is 5.88 Å². The van der Waals surface area contributed by atoms with Gasteiger partial charge in [0.1, 0.15) is 17.8 Å². The molecule has 5 nitrogen and oxygen atoms in total. The van der Waals surface area contributed by atoms with Gasteiger partial charge >= 0.3 is 0 Å². The summed E-state index contributed by atoms with van der Waals surface area (Å²) in [7, 11) is 0. The van der Waals surface area contributed by atoms with E-state index in [0.29, 0.717) is 17.5 Å². The number of nitrogen functional groups attached to an aromatic ring is 1. The van der Waals surface area contributed by atoms with Crippen molar-refractivity contribution in [3.05, 3.63) is 84.7 Å².